The van der Waals surface area contributed by atoms with Gasteiger partial charge >= 0.3 is 5.97 Å². The highest BCUT2D eigenvalue weighted by Gasteiger charge is 2.18. The van der Waals surface area contributed by atoms with E-state index < -0.39 is 5.97 Å². The Balaban J connectivity index is 2.02. The first-order valence-electron chi connectivity index (χ1n) is 10.1. The largest absolute Gasteiger partial charge is 0.507 e. The number of carboxylic acid groups (broad SMARTS) is 1. The normalized spacial score (nSPS) is 10.5. The van der Waals surface area contributed by atoms with E-state index in [9.17, 15) is 19.8 Å². The van der Waals surface area contributed by atoms with E-state index in [1.54, 1.807) is 18.2 Å². The number of hydrogen-bond donors (Lipinski definition) is 3. The smallest absolute Gasteiger partial charge is 0.339 e. The molecule has 0 saturated carbocycles. The monoisotopic (exact) mass is 428 g/mol. The molecule has 0 aliphatic heterocycles. The summed E-state index contributed by atoms with van der Waals surface area (Å²) in [6, 6.07) is 6.05. The van der Waals surface area contributed by atoms with E-state index in [0.717, 1.165) is 6.42 Å². The lowest BCUT2D eigenvalue weighted by atomic mass is 10.0. The molecular weight excluding hydrogens is 400 g/mol. The predicted molar refractivity (Wildman–Crippen MR) is 117 cm³/mol. The van der Waals surface area contributed by atoms with Crippen molar-refractivity contribution in [2.24, 2.45) is 0 Å². The Morgan fingerprint density at radius 3 is 2.03 bits per heavy atom. The molecule has 0 radical (unpaired) electrons. The number of hydrogen-bond acceptors (Lipinski definition) is 6. The number of Topliss-reactive ketones (excluding diaryl/α,β-unsaturated/α-hetero) is 1. The molecule has 166 valence electrons. The van der Waals surface area contributed by atoms with E-state index in [0.29, 0.717) is 42.1 Å². The zero-order valence-corrected chi connectivity index (χ0v) is 17.8. The molecule has 0 spiro atoms. The third-order valence-electron chi connectivity index (χ3n) is 4.74. The van der Waals surface area contributed by atoms with Gasteiger partial charge in [0, 0.05) is 17.5 Å². The first-order chi connectivity index (χ1) is 14.8. The van der Waals surface area contributed by atoms with Crippen LogP contribution >= 0.6 is 0 Å². The van der Waals surface area contributed by atoms with Crippen LogP contribution in [0, 0.1) is 0 Å². The molecule has 0 aliphatic carbocycles. The van der Waals surface area contributed by atoms with Gasteiger partial charge in [0.2, 0.25) is 0 Å². The van der Waals surface area contributed by atoms with Crippen molar-refractivity contribution in [3.8, 4) is 23.0 Å². The van der Waals surface area contributed by atoms with Crippen molar-refractivity contribution in [2.45, 2.75) is 39.5 Å². The average Bonchev–Trinajstić information content (AvgIpc) is 2.71. The summed E-state index contributed by atoms with van der Waals surface area (Å²) >= 11 is 0. The topological polar surface area (TPSA) is 113 Å². The number of aromatic hydroxyl groups is 2. The van der Waals surface area contributed by atoms with Crippen molar-refractivity contribution >= 4 is 11.8 Å². The molecule has 0 bridgehead atoms. The second-order valence-corrected chi connectivity index (χ2v) is 7.03. The number of aromatic carboxylic acids is 1. The van der Waals surface area contributed by atoms with Gasteiger partial charge in [-0.2, -0.15) is 0 Å². The number of ether oxygens (including phenoxy) is 2. The third-order valence-corrected chi connectivity index (χ3v) is 4.74. The fourth-order valence-electron chi connectivity index (χ4n) is 3.22. The van der Waals surface area contributed by atoms with Crippen molar-refractivity contribution in [1.29, 1.82) is 0 Å². The maximum atomic E-state index is 11.7. The number of allylic oxidation sites excluding steroid dienone is 1. The molecule has 7 heteroatoms. The second-order valence-electron chi connectivity index (χ2n) is 7.03. The minimum atomic E-state index is -1.22. The molecule has 0 aromatic heterocycles. The van der Waals surface area contributed by atoms with E-state index >= 15 is 0 Å². The molecule has 3 N–H and O–H groups in total. The standard InChI is InChI=1S/C24H28O7/c1-4-7-17-20(11-9-16(15(3)25)22(17)26)30-13-6-14-31-21-12-10-19(24(28)29)23(27)18(21)8-5-2/h5,9-12,26-27H,2,4,6-8,13-14H2,1,3H3,(H,28,29). The van der Waals surface area contributed by atoms with Gasteiger partial charge in [0.05, 0.1) is 18.8 Å². The van der Waals surface area contributed by atoms with Gasteiger partial charge in [0.1, 0.15) is 28.6 Å². The third kappa shape index (κ3) is 5.78. The minimum absolute atomic E-state index is 0.0360. The lowest BCUT2D eigenvalue weighted by Crippen LogP contribution is -2.08. The number of rotatable bonds is 12. The molecular formula is C24H28O7. The Bertz CT molecular complexity index is 963. The van der Waals surface area contributed by atoms with Gasteiger partial charge in [-0.1, -0.05) is 19.4 Å². The molecule has 2 aromatic rings. The van der Waals surface area contributed by atoms with Crippen LogP contribution in [0.3, 0.4) is 0 Å². The Labute approximate surface area is 181 Å². The molecule has 0 unspecified atom stereocenters. The van der Waals surface area contributed by atoms with E-state index in [-0.39, 0.29) is 41.4 Å². The summed E-state index contributed by atoms with van der Waals surface area (Å²) in [4.78, 5) is 22.9. The molecule has 7 nitrogen and oxygen atoms in total. The van der Waals surface area contributed by atoms with Crippen molar-refractivity contribution in [3.63, 3.8) is 0 Å². The Kier molecular flexibility index (Phi) is 8.49. The Morgan fingerprint density at radius 1 is 0.968 bits per heavy atom. The molecule has 0 aliphatic rings. The van der Waals surface area contributed by atoms with Gasteiger partial charge < -0.3 is 24.8 Å². The summed E-state index contributed by atoms with van der Waals surface area (Å²) in [6.45, 7) is 7.60. The molecule has 0 amide bonds. The zero-order valence-electron chi connectivity index (χ0n) is 17.8. The molecule has 0 atom stereocenters. The van der Waals surface area contributed by atoms with Crippen LogP contribution in [-0.2, 0) is 12.8 Å². The summed E-state index contributed by atoms with van der Waals surface area (Å²) in [6.07, 6.45) is 3.70. The highest BCUT2D eigenvalue weighted by Crippen LogP contribution is 2.34. The number of carbonyl (C=O) groups excluding carboxylic acids is 1. The van der Waals surface area contributed by atoms with E-state index in [1.807, 2.05) is 6.92 Å². The molecule has 2 rings (SSSR count). The van der Waals surface area contributed by atoms with Crippen LogP contribution in [0.25, 0.3) is 0 Å². The van der Waals surface area contributed by atoms with Crippen molar-refractivity contribution < 1.29 is 34.4 Å². The van der Waals surface area contributed by atoms with Gasteiger partial charge in [0.15, 0.2) is 5.78 Å². The van der Waals surface area contributed by atoms with Crippen LogP contribution in [0.5, 0.6) is 23.0 Å². The zero-order chi connectivity index (χ0) is 23.0. The number of phenols is 2. The van der Waals surface area contributed by atoms with Gasteiger partial charge in [-0.05, 0) is 44.0 Å². The van der Waals surface area contributed by atoms with E-state index in [4.69, 9.17) is 14.6 Å². The maximum Gasteiger partial charge on any atom is 0.339 e. The highest BCUT2D eigenvalue weighted by atomic mass is 16.5. The highest BCUT2D eigenvalue weighted by molar-refractivity contribution is 5.97. The number of carbonyl (C=O) groups is 2. The first-order valence-corrected chi connectivity index (χ1v) is 10.1. The minimum Gasteiger partial charge on any atom is -0.507 e. The summed E-state index contributed by atoms with van der Waals surface area (Å²) < 4.78 is 11.5. The number of benzene rings is 2. The van der Waals surface area contributed by atoms with Crippen molar-refractivity contribution in [2.75, 3.05) is 13.2 Å². The summed E-state index contributed by atoms with van der Waals surface area (Å²) in [5.41, 5.74) is 1.06. The van der Waals surface area contributed by atoms with Gasteiger partial charge in [-0.15, -0.1) is 6.58 Å². The maximum absolute atomic E-state index is 11.7. The quantitative estimate of drug-likeness (QED) is 0.259. The van der Waals surface area contributed by atoms with Gasteiger partial charge in [-0.25, -0.2) is 4.79 Å². The van der Waals surface area contributed by atoms with Gasteiger partial charge in [0.25, 0.3) is 0 Å². The van der Waals surface area contributed by atoms with Crippen LogP contribution < -0.4 is 9.47 Å². The van der Waals surface area contributed by atoms with E-state index in [2.05, 4.69) is 6.58 Å². The predicted octanol–water partition coefficient (Wildman–Crippen LogP) is 4.53. The van der Waals surface area contributed by atoms with Crippen LogP contribution in [0.4, 0.5) is 0 Å². The SMILES string of the molecule is C=CCc1c(OCCCOc2ccc(C(C)=O)c(O)c2CCC)ccc(C(=O)O)c1O. The van der Waals surface area contributed by atoms with Crippen molar-refractivity contribution in [1.82, 2.24) is 0 Å². The summed E-state index contributed by atoms with van der Waals surface area (Å²) in [5, 5.41) is 29.8. The lowest BCUT2D eigenvalue weighted by Gasteiger charge is -2.16. The second kappa shape index (κ2) is 11.1. The fraction of sp³-hybridized carbons (Fsp3) is 0.333. The average molecular weight is 428 g/mol. The number of carboxylic acids is 1. The Hall–Kier alpha value is -3.48. The van der Waals surface area contributed by atoms with Crippen LogP contribution in [0.15, 0.2) is 36.9 Å². The molecule has 0 saturated heterocycles. The van der Waals surface area contributed by atoms with Gasteiger partial charge in [-0.3, -0.25) is 4.79 Å². The Morgan fingerprint density at radius 2 is 1.52 bits per heavy atom. The lowest BCUT2D eigenvalue weighted by molar-refractivity contribution is 0.0693. The van der Waals surface area contributed by atoms with Crippen LogP contribution in [-0.4, -0.2) is 40.3 Å². The van der Waals surface area contributed by atoms with Crippen LogP contribution in [0.1, 0.15) is 58.5 Å². The summed E-state index contributed by atoms with van der Waals surface area (Å²) in [7, 11) is 0. The van der Waals surface area contributed by atoms with Crippen LogP contribution in [0.2, 0.25) is 0 Å². The molecule has 31 heavy (non-hydrogen) atoms. The molecule has 0 heterocycles. The van der Waals surface area contributed by atoms with Crippen molar-refractivity contribution in [3.05, 3.63) is 59.2 Å². The first kappa shape index (κ1) is 23.8. The molecule has 2 aromatic carbocycles. The molecule has 0 fully saturated rings. The summed E-state index contributed by atoms with van der Waals surface area (Å²) in [5.74, 6) is -0.873. The fourth-order valence-corrected chi connectivity index (χ4v) is 3.22. The number of ketones is 1. The number of phenolic OH excluding ortho intramolecular Hbond substituents is 1. The van der Waals surface area contributed by atoms with E-state index in [1.165, 1.54) is 19.1 Å².